The Labute approximate surface area is 140 Å². The summed E-state index contributed by atoms with van der Waals surface area (Å²) in [6.45, 7) is 8.81. The van der Waals surface area contributed by atoms with Crippen LogP contribution >= 0.6 is 0 Å². The van der Waals surface area contributed by atoms with Crippen LogP contribution in [0.3, 0.4) is 0 Å². The first-order valence-electron chi connectivity index (χ1n) is 9.12. The van der Waals surface area contributed by atoms with E-state index in [-0.39, 0.29) is 5.60 Å². The maximum absolute atomic E-state index is 10.7. The lowest BCUT2D eigenvalue weighted by atomic mass is 9.67. The molecule has 126 valence electrons. The summed E-state index contributed by atoms with van der Waals surface area (Å²) >= 11 is 0. The molecule has 23 heavy (non-hydrogen) atoms. The van der Waals surface area contributed by atoms with Gasteiger partial charge < -0.3 is 9.84 Å². The van der Waals surface area contributed by atoms with Crippen LogP contribution in [0.25, 0.3) is 0 Å². The molecule has 0 bridgehead atoms. The molecule has 2 atom stereocenters. The Kier molecular flexibility index (Phi) is 4.44. The molecule has 1 heterocycles. The number of unbranched alkanes of at least 4 members (excludes halogenated alkanes) is 2. The lowest BCUT2D eigenvalue weighted by molar-refractivity contribution is 0.00753. The zero-order valence-electron chi connectivity index (χ0n) is 15.0. The molecule has 1 aliphatic heterocycles. The van der Waals surface area contributed by atoms with Gasteiger partial charge in [0.2, 0.25) is 0 Å². The third kappa shape index (κ3) is 3.13. The summed E-state index contributed by atoms with van der Waals surface area (Å²) < 4.78 is 6.36. The van der Waals surface area contributed by atoms with E-state index in [0.717, 1.165) is 30.6 Å². The second-order valence-corrected chi connectivity index (χ2v) is 7.89. The Balaban J connectivity index is 1.96. The van der Waals surface area contributed by atoms with Crippen molar-refractivity contribution in [2.45, 2.75) is 77.7 Å². The van der Waals surface area contributed by atoms with Crippen molar-refractivity contribution < 1.29 is 9.84 Å². The van der Waals surface area contributed by atoms with Crippen molar-refractivity contribution in [2.75, 3.05) is 0 Å². The Morgan fingerprint density at radius 3 is 2.78 bits per heavy atom. The molecule has 0 amide bonds. The van der Waals surface area contributed by atoms with Crippen LogP contribution in [0, 0.1) is 5.92 Å². The molecule has 1 aromatic carbocycles. The van der Waals surface area contributed by atoms with Crippen molar-refractivity contribution in [3.63, 3.8) is 0 Å². The van der Waals surface area contributed by atoms with Gasteiger partial charge in [0.05, 0.1) is 0 Å². The van der Waals surface area contributed by atoms with E-state index in [2.05, 4.69) is 39.8 Å². The molecule has 2 aliphatic rings. The zero-order chi connectivity index (χ0) is 16.6. The molecular formula is C21H30O2. The van der Waals surface area contributed by atoms with Gasteiger partial charge in [0.1, 0.15) is 17.1 Å². The van der Waals surface area contributed by atoms with Gasteiger partial charge in [-0.3, -0.25) is 0 Å². The summed E-state index contributed by atoms with van der Waals surface area (Å²) in [5.74, 6) is 2.17. The van der Waals surface area contributed by atoms with Crippen molar-refractivity contribution in [3.05, 3.63) is 34.9 Å². The van der Waals surface area contributed by atoms with Gasteiger partial charge in [-0.25, -0.2) is 0 Å². The van der Waals surface area contributed by atoms with E-state index in [9.17, 15) is 5.11 Å². The first-order chi connectivity index (χ1) is 10.9. The summed E-state index contributed by atoms with van der Waals surface area (Å²) in [6, 6.07) is 4.15. The Hall–Kier alpha value is -1.44. The number of aryl methyl sites for hydroxylation is 1. The normalized spacial score (nSPS) is 25.1. The van der Waals surface area contributed by atoms with Crippen LogP contribution in [0.15, 0.2) is 23.8 Å². The van der Waals surface area contributed by atoms with Gasteiger partial charge in [0, 0.05) is 17.4 Å². The number of hydrogen-bond donors (Lipinski definition) is 1. The number of ether oxygens (including phenoxy) is 1. The number of fused-ring (bicyclic) bond motifs is 3. The third-order valence-corrected chi connectivity index (χ3v) is 5.63. The molecule has 1 N–H and O–H groups in total. The SMILES string of the molecule is CCCCCc1cc(O)c2c(c1)OC(C)(C)[C@H]1CC=C(C)C[C@H]21. The lowest BCUT2D eigenvalue weighted by Crippen LogP contribution is -2.45. The molecule has 0 saturated heterocycles. The van der Waals surface area contributed by atoms with Crippen molar-refractivity contribution in [3.8, 4) is 11.5 Å². The van der Waals surface area contributed by atoms with Gasteiger partial charge in [0.25, 0.3) is 0 Å². The largest absolute Gasteiger partial charge is 0.508 e. The average Bonchev–Trinajstić information content (AvgIpc) is 2.46. The van der Waals surface area contributed by atoms with Crippen LogP contribution in [0.1, 0.15) is 76.8 Å². The first kappa shape index (κ1) is 16.4. The van der Waals surface area contributed by atoms with E-state index >= 15 is 0 Å². The maximum atomic E-state index is 10.7. The highest BCUT2D eigenvalue weighted by molar-refractivity contribution is 5.52. The van der Waals surface area contributed by atoms with Crippen LogP contribution in [-0.2, 0) is 6.42 Å². The smallest absolute Gasteiger partial charge is 0.127 e. The molecule has 2 heteroatoms. The van der Waals surface area contributed by atoms with Gasteiger partial charge in [-0.1, -0.05) is 31.4 Å². The summed E-state index contributed by atoms with van der Waals surface area (Å²) in [4.78, 5) is 0. The molecule has 0 fully saturated rings. The Bertz CT molecular complexity index is 613. The van der Waals surface area contributed by atoms with Crippen LogP contribution < -0.4 is 4.74 Å². The molecular weight excluding hydrogens is 284 g/mol. The molecule has 0 unspecified atom stereocenters. The number of benzene rings is 1. The number of allylic oxidation sites excluding steroid dienone is 2. The van der Waals surface area contributed by atoms with Crippen molar-refractivity contribution in [2.24, 2.45) is 5.92 Å². The van der Waals surface area contributed by atoms with Crippen molar-refractivity contribution in [1.29, 1.82) is 0 Å². The van der Waals surface area contributed by atoms with E-state index in [0.29, 0.717) is 17.6 Å². The summed E-state index contributed by atoms with van der Waals surface area (Å²) in [7, 11) is 0. The predicted octanol–water partition coefficient (Wildman–Crippen LogP) is 5.74. The summed E-state index contributed by atoms with van der Waals surface area (Å²) in [6.07, 6.45) is 9.06. The number of rotatable bonds is 4. The molecule has 2 nitrogen and oxygen atoms in total. The Morgan fingerprint density at radius 1 is 1.26 bits per heavy atom. The topological polar surface area (TPSA) is 29.5 Å². The fraction of sp³-hybridized carbons (Fsp3) is 0.619. The molecule has 3 rings (SSSR count). The predicted molar refractivity (Wildman–Crippen MR) is 95.3 cm³/mol. The van der Waals surface area contributed by atoms with Crippen LogP contribution in [-0.4, -0.2) is 10.7 Å². The molecule has 0 spiro atoms. The quantitative estimate of drug-likeness (QED) is 0.567. The second-order valence-electron chi connectivity index (χ2n) is 7.89. The van der Waals surface area contributed by atoms with E-state index in [1.54, 1.807) is 0 Å². The number of phenolic OH excluding ortho intramolecular Hbond substituents is 1. The zero-order valence-corrected chi connectivity index (χ0v) is 15.0. The van der Waals surface area contributed by atoms with E-state index in [1.165, 1.54) is 30.4 Å². The highest BCUT2D eigenvalue weighted by atomic mass is 16.5. The van der Waals surface area contributed by atoms with Gasteiger partial charge >= 0.3 is 0 Å². The maximum Gasteiger partial charge on any atom is 0.127 e. The average molecular weight is 314 g/mol. The minimum atomic E-state index is -0.177. The summed E-state index contributed by atoms with van der Waals surface area (Å²) in [5, 5.41) is 10.7. The van der Waals surface area contributed by atoms with Gasteiger partial charge in [-0.05, 0) is 64.2 Å². The lowest BCUT2D eigenvalue weighted by Gasteiger charge is -2.47. The van der Waals surface area contributed by atoms with Crippen LogP contribution in [0.4, 0.5) is 0 Å². The Morgan fingerprint density at radius 2 is 2.04 bits per heavy atom. The van der Waals surface area contributed by atoms with Crippen LogP contribution in [0.2, 0.25) is 0 Å². The third-order valence-electron chi connectivity index (χ3n) is 5.63. The number of phenols is 1. The van der Waals surface area contributed by atoms with Gasteiger partial charge in [-0.15, -0.1) is 0 Å². The van der Waals surface area contributed by atoms with Crippen LogP contribution in [0.5, 0.6) is 11.5 Å². The van der Waals surface area contributed by atoms with Crippen molar-refractivity contribution >= 4 is 0 Å². The first-order valence-corrected chi connectivity index (χ1v) is 9.12. The summed E-state index contributed by atoms with van der Waals surface area (Å²) in [5.41, 5.74) is 3.50. The molecule has 1 aliphatic carbocycles. The van der Waals surface area contributed by atoms with Gasteiger partial charge in [0.15, 0.2) is 0 Å². The second kappa shape index (κ2) is 6.22. The highest BCUT2D eigenvalue weighted by Gasteiger charge is 2.45. The molecule has 0 saturated carbocycles. The van der Waals surface area contributed by atoms with E-state index in [4.69, 9.17) is 4.74 Å². The standard InChI is InChI=1S/C21H30O2/c1-5-6-7-8-15-12-18(22)20-16-11-14(2)9-10-17(16)21(3,4)23-19(20)13-15/h9,12-13,16-17,22H,5-8,10-11H2,1-4H3/t16-,17-/m0/s1. The highest BCUT2D eigenvalue weighted by Crippen LogP contribution is 2.54. The minimum Gasteiger partial charge on any atom is -0.508 e. The number of aromatic hydroxyl groups is 1. The molecule has 0 aromatic heterocycles. The van der Waals surface area contributed by atoms with Gasteiger partial charge in [-0.2, -0.15) is 0 Å². The van der Waals surface area contributed by atoms with Crippen molar-refractivity contribution in [1.82, 2.24) is 0 Å². The fourth-order valence-electron chi connectivity index (χ4n) is 4.34. The van der Waals surface area contributed by atoms with E-state index < -0.39 is 0 Å². The van der Waals surface area contributed by atoms with E-state index in [1.807, 2.05) is 6.07 Å². The molecule has 0 radical (unpaired) electrons. The monoisotopic (exact) mass is 314 g/mol. The number of hydrogen-bond acceptors (Lipinski definition) is 2. The molecule has 1 aromatic rings. The fourth-order valence-corrected chi connectivity index (χ4v) is 4.34. The minimum absolute atomic E-state index is 0.177.